The Balaban J connectivity index is 2.82. The number of halogens is 1. The number of carbonyl (C=O) groups is 1. The predicted octanol–water partition coefficient (Wildman–Crippen LogP) is -0.168. The summed E-state index contributed by atoms with van der Waals surface area (Å²) in [7, 11) is -2.15. The molecule has 0 aromatic carbocycles. The molecule has 1 aromatic rings. The number of aromatic nitrogens is 1. The van der Waals surface area contributed by atoms with Gasteiger partial charge in [0.15, 0.2) is 0 Å². The number of pyridine rings is 1. The van der Waals surface area contributed by atoms with Crippen molar-refractivity contribution >= 4 is 37.8 Å². The lowest BCUT2D eigenvalue weighted by Crippen LogP contribution is -2.37. The number of urea groups is 1. The van der Waals surface area contributed by atoms with Crippen LogP contribution >= 0.6 is 15.9 Å². The first-order valence-electron chi connectivity index (χ1n) is 5.23. The molecule has 0 aliphatic rings. The first-order chi connectivity index (χ1) is 8.86. The molecule has 0 fully saturated rings. The molecule has 0 aliphatic heterocycles. The van der Waals surface area contributed by atoms with Crippen molar-refractivity contribution in [3.63, 3.8) is 0 Å². The number of hydrogen-bond acceptors (Lipinski definition) is 5. The van der Waals surface area contributed by atoms with Gasteiger partial charge in [0.1, 0.15) is 10.7 Å². The van der Waals surface area contributed by atoms with Gasteiger partial charge in [0, 0.05) is 30.8 Å². The summed E-state index contributed by atoms with van der Waals surface area (Å²) in [5.41, 5.74) is 4.87. The van der Waals surface area contributed by atoms with Crippen molar-refractivity contribution in [3.8, 4) is 0 Å². The summed E-state index contributed by atoms with van der Waals surface area (Å²) in [6.07, 6.45) is 1.49. The average molecular weight is 352 g/mol. The third-order valence-electron chi connectivity index (χ3n) is 2.06. The minimum atomic E-state index is -3.72. The van der Waals surface area contributed by atoms with Gasteiger partial charge < -0.3 is 16.4 Å². The summed E-state index contributed by atoms with van der Waals surface area (Å²) in [6.45, 7) is 0.131. The van der Waals surface area contributed by atoms with E-state index in [0.29, 0.717) is 4.47 Å². The van der Waals surface area contributed by atoms with E-state index in [4.69, 9.17) is 5.73 Å². The Morgan fingerprint density at radius 3 is 2.74 bits per heavy atom. The van der Waals surface area contributed by atoms with Crippen LogP contribution in [-0.2, 0) is 10.0 Å². The number of sulfonamides is 1. The fraction of sp³-hybridized carbons (Fsp3) is 0.333. The molecule has 0 unspecified atom stereocenters. The highest BCUT2D eigenvalue weighted by Crippen LogP contribution is 2.22. The van der Waals surface area contributed by atoms with Gasteiger partial charge in [0.05, 0.1) is 0 Å². The van der Waals surface area contributed by atoms with E-state index in [2.05, 4.69) is 36.3 Å². The van der Waals surface area contributed by atoms with Crippen molar-refractivity contribution in [2.75, 3.05) is 25.5 Å². The molecule has 10 heteroatoms. The Labute approximate surface area is 119 Å². The maximum atomic E-state index is 12.1. The molecule has 1 heterocycles. The van der Waals surface area contributed by atoms with Crippen molar-refractivity contribution < 1.29 is 13.2 Å². The van der Waals surface area contributed by atoms with Gasteiger partial charge in [-0.15, -0.1) is 0 Å². The first kappa shape index (κ1) is 15.7. The van der Waals surface area contributed by atoms with Gasteiger partial charge in [-0.2, -0.15) is 0 Å². The maximum Gasteiger partial charge on any atom is 0.312 e. The molecule has 0 saturated heterocycles. The number of nitrogens with one attached hydrogen (secondary N) is 3. The molecule has 0 saturated carbocycles. The number of amides is 2. The van der Waals surface area contributed by atoms with Crippen molar-refractivity contribution in [1.29, 1.82) is 0 Å². The van der Waals surface area contributed by atoms with Crippen LogP contribution in [0, 0.1) is 0 Å². The fourth-order valence-corrected chi connectivity index (χ4v) is 2.96. The molecule has 2 amide bonds. The molecule has 5 N–H and O–H groups in total. The number of carbonyl (C=O) groups excluding carboxylic acids is 1. The highest BCUT2D eigenvalue weighted by atomic mass is 79.9. The van der Waals surface area contributed by atoms with Crippen molar-refractivity contribution in [2.45, 2.75) is 4.90 Å². The van der Waals surface area contributed by atoms with Crippen LogP contribution in [0.15, 0.2) is 21.6 Å². The fourth-order valence-electron chi connectivity index (χ4n) is 1.26. The summed E-state index contributed by atoms with van der Waals surface area (Å²) in [5.74, 6) is 0.235. The molecule has 19 heavy (non-hydrogen) atoms. The standard InChI is InChI=1S/C9H14BrN5O3S/c1-12-8-7(4-6(10)5-14-8)19(17,18)15-3-2-13-9(11)16/h4-5,15H,2-3H2,1H3,(H,12,14)(H3,11,13,16). The lowest BCUT2D eigenvalue weighted by molar-refractivity contribution is 0.249. The monoisotopic (exact) mass is 351 g/mol. The molecule has 0 aliphatic carbocycles. The summed E-state index contributed by atoms with van der Waals surface area (Å²) >= 11 is 3.16. The van der Waals surface area contributed by atoms with Crippen LogP contribution in [0.25, 0.3) is 0 Å². The zero-order valence-corrected chi connectivity index (χ0v) is 12.5. The Morgan fingerprint density at radius 1 is 1.47 bits per heavy atom. The lowest BCUT2D eigenvalue weighted by Gasteiger charge is -2.10. The van der Waals surface area contributed by atoms with Gasteiger partial charge in [-0.25, -0.2) is 22.9 Å². The number of hydrogen-bond donors (Lipinski definition) is 4. The van der Waals surface area contributed by atoms with Gasteiger partial charge in [-0.05, 0) is 22.0 Å². The first-order valence-corrected chi connectivity index (χ1v) is 7.50. The predicted molar refractivity (Wildman–Crippen MR) is 74.3 cm³/mol. The third kappa shape index (κ3) is 4.65. The topological polar surface area (TPSA) is 126 Å². The second-order valence-electron chi connectivity index (χ2n) is 3.44. The number of nitrogens with two attached hydrogens (primary N) is 1. The van der Waals surface area contributed by atoms with Crippen LogP contribution in [0.5, 0.6) is 0 Å². The zero-order valence-electron chi connectivity index (χ0n) is 10.1. The number of rotatable bonds is 6. The smallest absolute Gasteiger partial charge is 0.312 e. The Kier molecular flexibility index (Phi) is 5.51. The Hall–Kier alpha value is -1.39. The average Bonchev–Trinajstić information content (AvgIpc) is 2.34. The van der Waals surface area contributed by atoms with E-state index >= 15 is 0 Å². The second kappa shape index (κ2) is 6.68. The van der Waals surface area contributed by atoms with Crippen LogP contribution in [0.4, 0.5) is 10.6 Å². The van der Waals surface area contributed by atoms with Gasteiger partial charge in [-0.3, -0.25) is 0 Å². The quantitative estimate of drug-likeness (QED) is 0.529. The van der Waals surface area contributed by atoms with Crippen molar-refractivity contribution in [2.24, 2.45) is 5.73 Å². The molecule has 1 rings (SSSR count). The molecule has 1 aromatic heterocycles. The summed E-state index contributed by atoms with van der Waals surface area (Å²) < 4.78 is 27.0. The maximum absolute atomic E-state index is 12.1. The largest absolute Gasteiger partial charge is 0.372 e. The van der Waals surface area contributed by atoms with Crippen LogP contribution < -0.4 is 21.1 Å². The zero-order chi connectivity index (χ0) is 14.5. The summed E-state index contributed by atoms with van der Waals surface area (Å²) in [6, 6.07) is 0.724. The van der Waals surface area contributed by atoms with Crippen LogP contribution in [0.2, 0.25) is 0 Å². The van der Waals surface area contributed by atoms with E-state index in [1.165, 1.54) is 12.3 Å². The number of anilines is 1. The second-order valence-corrected chi connectivity index (χ2v) is 6.09. The molecule has 0 bridgehead atoms. The molecule has 0 spiro atoms. The van der Waals surface area contributed by atoms with E-state index in [9.17, 15) is 13.2 Å². The Bertz CT molecular complexity index is 563. The van der Waals surface area contributed by atoms with Crippen molar-refractivity contribution in [3.05, 3.63) is 16.7 Å². The van der Waals surface area contributed by atoms with Gasteiger partial charge in [0.25, 0.3) is 0 Å². The SMILES string of the molecule is CNc1ncc(Br)cc1S(=O)(=O)NCCNC(N)=O. The molecule has 0 radical (unpaired) electrons. The van der Waals surface area contributed by atoms with E-state index in [-0.39, 0.29) is 23.8 Å². The summed E-state index contributed by atoms with van der Waals surface area (Å²) in [4.78, 5) is 14.4. The van der Waals surface area contributed by atoms with E-state index in [0.717, 1.165) is 0 Å². The van der Waals surface area contributed by atoms with Gasteiger partial charge >= 0.3 is 6.03 Å². The molecule has 0 atom stereocenters. The number of primary amides is 1. The normalized spacial score (nSPS) is 11.1. The van der Waals surface area contributed by atoms with Gasteiger partial charge in [-0.1, -0.05) is 0 Å². The van der Waals surface area contributed by atoms with Crippen LogP contribution in [0.3, 0.4) is 0 Å². The third-order valence-corrected chi connectivity index (χ3v) is 3.97. The molecule has 106 valence electrons. The van der Waals surface area contributed by atoms with E-state index < -0.39 is 16.1 Å². The summed E-state index contributed by atoms with van der Waals surface area (Å²) in [5, 5.41) is 4.98. The molecular weight excluding hydrogens is 338 g/mol. The number of nitrogens with zero attached hydrogens (tertiary/aromatic N) is 1. The van der Waals surface area contributed by atoms with Crippen molar-refractivity contribution in [1.82, 2.24) is 15.0 Å². The Morgan fingerprint density at radius 2 is 2.16 bits per heavy atom. The lowest BCUT2D eigenvalue weighted by atomic mass is 10.4. The molecular formula is C9H14BrN5O3S. The van der Waals surface area contributed by atoms with Crippen LogP contribution in [0.1, 0.15) is 0 Å². The minimum Gasteiger partial charge on any atom is -0.372 e. The highest BCUT2D eigenvalue weighted by Gasteiger charge is 2.19. The van der Waals surface area contributed by atoms with E-state index in [1.54, 1.807) is 7.05 Å². The van der Waals surface area contributed by atoms with E-state index in [1.807, 2.05) is 0 Å². The minimum absolute atomic E-state index is 0.0171. The van der Waals surface area contributed by atoms with Gasteiger partial charge in [0.2, 0.25) is 10.0 Å². The highest BCUT2D eigenvalue weighted by molar-refractivity contribution is 9.10. The van der Waals surface area contributed by atoms with Crippen LogP contribution in [-0.4, -0.2) is 39.6 Å². The molecule has 8 nitrogen and oxygen atoms in total.